The normalized spacial score (nSPS) is 13.7. The highest BCUT2D eigenvalue weighted by Gasteiger charge is 2.26. The van der Waals surface area contributed by atoms with E-state index in [2.05, 4.69) is 46.4 Å². The number of nitrogens with zero attached hydrogens (tertiary/aromatic N) is 1. The number of aliphatic hydroxyl groups is 1. The molecule has 0 radical (unpaired) electrons. The van der Waals surface area contributed by atoms with Crippen LogP contribution in [0.3, 0.4) is 0 Å². The van der Waals surface area contributed by atoms with Crippen molar-refractivity contribution in [2.24, 2.45) is 11.8 Å². The molecule has 0 aliphatic rings. The smallest absolute Gasteiger partial charge is 0.308 e. The summed E-state index contributed by atoms with van der Waals surface area (Å²) < 4.78 is 11.8. The molecule has 0 aliphatic carbocycles. The first-order chi connectivity index (χ1) is 29.8. The standard InChI is InChI=1S/C55H109NO5/c1-7-13-17-21-23-31-41-51(39-29-19-15-9-3)53(57)60-49-37-27-25-33-43-55(59,45-35-36-48-56(46-11-5)47-12-6)44-34-26-28-38-50-61-54(58)52(40-30-20-16-10-4)42-32-24-22-18-14-8-2/h51-52,59H,7-50H2,1-6H3. The number of hydrogen-bond donors (Lipinski definition) is 1. The highest BCUT2D eigenvalue weighted by molar-refractivity contribution is 5.72. The zero-order valence-corrected chi connectivity index (χ0v) is 42.3. The van der Waals surface area contributed by atoms with Gasteiger partial charge in [0.25, 0.3) is 0 Å². The Balaban J connectivity index is 4.86. The molecule has 0 spiro atoms. The summed E-state index contributed by atoms with van der Waals surface area (Å²) in [6.45, 7) is 18.1. The van der Waals surface area contributed by atoms with E-state index >= 15 is 0 Å². The second-order valence-electron chi connectivity index (χ2n) is 19.4. The van der Waals surface area contributed by atoms with Gasteiger partial charge in [0.2, 0.25) is 0 Å². The molecule has 61 heavy (non-hydrogen) atoms. The average molecular weight is 864 g/mol. The van der Waals surface area contributed by atoms with E-state index in [4.69, 9.17) is 9.47 Å². The Hall–Kier alpha value is -1.14. The lowest BCUT2D eigenvalue weighted by Crippen LogP contribution is -2.30. The zero-order chi connectivity index (χ0) is 44.9. The summed E-state index contributed by atoms with van der Waals surface area (Å²) in [6.07, 6.45) is 44.0. The maximum atomic E-state index is 13.1. The SMILES string of the molecule is CCCCCCCCC(CCCCCC)C(=O)OCCCCCCC(O)(CCCCCCOC(=O)C(CCCCCC)CCCCCCCC)CCCCN(CCC)CCC. The van der Waals surface area contributed by atoms with E-state index in [-0.39, 0.29) is 23.8 Å². The first-order valence-electron chi connectivity index (χ1n) is 27.6. The fourth-order valence-corrected chi connectivity index (χ4v) is 9.27. The second-order valence-corrected chi connectivity index (χ2v) is 19.4. The number of carbonyl (C=O) groups is 2. The van der Waals surface area contributed by atoms with Crippen LogP contribution >= 0.6 is 0 Å². The summed E-state index contributed by atoms with van der Waals surface area (Å²) in [5, 5.41) is 12.0. The molecule has 1 N–H and O–H groups in total. The monoisotopic (exact) mass is 864 g/mol. The Morgan fingerprint density at radius 2 is 0.672 bits per heavy atom. The van der Waals surface area contributed by atoms with E-state index in [1.54, 1.807) is 0 Å². The van der Waals surface area contributed by atoms with E-state index in [9.17, 15) is 14.7 Å². The van der Waals surface area contributed by atoms with Crippen molar-refractivity contribution in [2.45, 2.75) is 298 Å². The van der Waals surface area contributed by atoms with Gasteiger partial charge in [-0.25, -0.2) is 0 Å². The van der Waals surface area contributed by atoms with Crippen molar-refractivity contribution in [2.75, 3.05) is 32.8 Å². The molecule has 0 aromatic heterocycles. The van der Waals surface area contributed by atoms with Crippen LogP contribution in [0.2, 0.25) is 0 Å². The summed E-state index contributed by atoms with van der Waals surface area (Å²) in [6, 6.07) is 0. The van der Waals surface area contributed by atoms with Crippen LogP contribution in [0.15, 0.2) is 0 Å². The van der Waals surface area contributed by atoms with Crippen molar-refractivity contribution >= 4 is 11.9 Å². The Kier molecular flexibility index (Phi) is 44.6. The molecular weight excluding hydrogens is 755 g/mol. The predicted octanol–water partition coefficient (Wildman–Crippen LogP) is 16.7. The van der Waals surface area contributed by atoms with E-state index in [0.29, 0.717) is 13.2 Å². The van der Waals surface area contributed by atoms with Gasteiger partial charge in [0.15, 0.2) is 0 Å². The largest absolute Gasteiger partial charge is 0.465 e. The molecule has 0 aromatic rings. The molecule has 0 rings (SSSR count). The van der Waals surface area contributed by atoms with Crippen LogP contribution in [0, 0.1) is 11.8 Å². The number of rotatable bonds is 49. The van der Waals surface area contributed by atoms with Gasteiger partial charge in [-0.15, -0.1) is 0 Å². The molecule has 6 nitrogen and oxygen atoms in total. The second kappa shape index (κ2) is 45.4. The van der Waals surface area contributed by atoms with Crippen molar-refractivity contribution in [1.82, 2.24) is 4.90 Å². The van der Waals surface area contributed by atoms with Gasteiger partial charge in [-0.2, -0.15) is 0 Å². The van der Waals surface area contributed by atoms with Gasteiger partial charge in [0, 0.05) is 0 Å². The number of carbonyl (C=O) groups excluding carboxylic acids is 2. The Morgan fingerprint density at radius 1 is 0.377 bits per heavy atom. The number of unbranched alkanes of at least 4 members (excludes halogenated alkanes) is 23. The van der Waals surface area contributed by atoms with Crippen LogP contribution < -0.4 is 0 Å². The molecule has 6 heteroatoms. The van der Waals surface area contributed by atoms with Crippen LogP contribution in [0.25, 0.3) is 0 Å². The fourth-order valence-electron chi connectivity index (χ4n) is 9.27. The lowest BCUT2D eigenvalue weighted by Gasteiger charge is -2.29. The van der Waals surface area contributed by atoms with Gasteiger partial charge in [0.1, 0.15) is 0 Å². The third-order valence-corrected chi connectivity index (χ3v) is 13.3. The molecule has 0 fully saturated rings. The van der Waals surface area contributed by atoms with Gasteiger partial charge >= 0.3 is 11.9 Å². The van der Waals surface area contributed by atoms with Crippen LogP contribution in [0.1, 0.15) is 292 Å². The number of esters is 2. The highest BCUT2D eigenvalue weighted by atomic mass is 16.5. The van der Waals surface area contributed by atoms with Crippen LogP contribution in [0.4, 0.5) is 0 Å². The maximum Gasteiger partial charge on any atom is 0.308 e. The minimum absolute atomic E-state index is 0.0412. The van der Waals surface area contributed by atoms with Gasteiger partial charge < -0.3 is 19.5 Å². The molecule has 0 saturated heterocycles. The summed E-state index contributed by atoms with van der Waals surface area (Å²) >= 11 is 0. The van der Waals surface area contributed by atoms with E-state index in [1.807, 2.05) is 0 Å². The van der Waals surface area contributed by atoms with Gasteiger partial charge in [0.05, 0.1) is 30.7 Å². The third-order valence-electron chi connectivity index (χ3n) is 13.3. The Morgan fingerprint density at radius 3 is 1.03 bits per heavy atom. The van der Waals surface area contributed by atoms with Gasteiger partial charge in [-0.1, -0.05) is 208 Å². The van der Waals surface area contributed by atoms with Gasteiger partial charge in [-0.05, 0) is 103 Å². The minimum atomic E-state index is -0.609. The number of hydrogen-bond acceptors (Lipinski definition) is 6. The molecule has 0 aromatic carbocycles. The lowest BCUT2D eigenvalue weighted by atomic mass is 9.85. The van der Waals surface area contributed by atoms with Crippen molar-refractivity contribution in [3.05, 3.63) is 0 Å². The highest BCUT2D eigenvalue weighted by Crippen LogP contribution is 2.29. The van der Waals surface area contributed by atoms with Gasteiger partial charge in [-0.3, -0.25) is 9.59 Å². The topological polar surface area (TPSA) is 76.1 Å². The summed E-state index contributed by atoms with van der Waals surface area (Å²) in [4.78, 5) is 28.8. The fraction of sp³-hybridized carbons (Fsp3) is 0.964. The molecule has 364 valence electrons. The minimum Gasteiger partial charge on any atom is -0.465 e. The number of ether oxygens (including phenoxy) is 2. The first-order valence-corrected chi connectivity index (χ1v) is 27.6. The van der Waals surface area contributed by atoms with Crippen molar-refractivity contribution in [3.8, 4) is 0 Å². The third kappa shape index (κ3) is 37.9. The Labute approximate surface area is 382 Å². The molecular formula is C55H109NO5. The van der Waals surface area contributed by atoms with Crippen LogP contribution in [0.5, 0.6) is 0 Å². The van der Waals surface area contributed by atoms with Crippen LogP contribution in [-0.2, 0) is 19.1 Å². The quantitative estimate of drug-likeness (QED) is 0.0485. The van der Waals surface area contributed by atoms with Crippen molar-refractivity contribution < 1.29 is 24.2 Å². The van der Waals surface area contributed by atoms with Crippen molar-refractivity contribution in [1.29, 1.82) is 0 Å². The first kappa shape index (κ1) is 59.9. The molecule has 0 amide bonds. The zero-order valence-electron chi connectivity index (χ0n) is 42.3. The molecule has 0 saturated carbocycles. The van der Waals surface area contributed by atoms with Crippen LogP contribution in [-0.4, -0.2) is 60.4 Å². The molecule has 0 heterocycles. The molecule has 2 atom stereocenters. The molecule has 0 bridgehead atoms. The average Bonchev–Trinajstić information content (AvgIpc) is 3.25. The summed E-state index contributed by atoms with van der Waals surface area (Å²) in [5.74, 6) is 0.224. The van der Waals surface area contributed by atoms with Crippen molar-refractivity contribution in [3.63, 3.8) is 0 Å². The lowest BCUT2D eigenvalue weighted by molar-refractivity contribution is -0.150. The molecule has 0 aliphatic heterocycles. The Bertz CT molecular complexity index is 862. The van der Waals surface area contributed by atoms with E-state index < -0.39 is 5.60 Å². The predicted molar refractivity (Wildman–Crippen MR) is 264 cm³/mol. The summed E-state index contributed by atoms with van der Waals surface area (Å²) in [5.41, 5.74) is -0.609. The molecule has 2 unspecified atom stereocenters. The summed E-state index contributed by atoms with van der Waals surface area (Å²) in [7, 11) is 0. The van der Waals surface area contributed by atoms with E-state index in [1.165, 1.54) is 129 Å². The maximum absolute atomic E-state index is 13.1. The van der Waals surface area contributed by atoms with E-state index in [0.717, 1.165) is 141 Å².